The molecule has 0 atom stereocenters. The van der Waals surface area contributed by atoms with Gasteiger partial charge in [0, 0.05) is 4.47 Å². The highest BCUT2D eigenvalue weighted by molar-refractivity contribution is 9.10. The quantitative estimate of drug-likeness (QED) is 0.741. The first-order valence-corrected chi connectivity index (χ1v) is 8.75. The minimum atomic E-state index is -0.109. The van der Waals surface area contributed by atoms with Gasteiger partial charge in [0.05, 0.1) is 10.6 Å². The SMILES string of the molecule is Cc1cccc(N=C2NC(=O)/C(=C/c3ccc(Br)cc3)S2)c1C. The van der Waals surface area contributed by atoms with Gasteiger partial charge >= 0.3 is 0 Å². The second-order valence-corrected chi connectivity index (χ2v) is 7.20. The third-order valence-electron chi connectivity index (χ3n) is 3.62. The maximum Gasteiger partial charge on any atom is 0.264 e. The zero-order valence-electron chi connectivity index (χ0n) is 12.8. The summed E-state index contributed by atoms with van der Waals surface area (Å²) in [5.41, 5.74) is 4.18. The van der Waals surface area contributed by atoms with Crippen molar-refractivity contribution < 1.29 is 4.79 Å². The summed E-state index contributed by atoms with van der Waals surface area (Å²) >= 11 is 4.77. The van der Waals surface area contributed by atoms with Gasteiger partial charge in [-0.25, -0.2) is 4.99 Å². The van der Waals surface area contributed by atoms with Crippen molar-refractivity contribution >= 4 is 50.5 Å². The first-order chi connectivity index (χ1) is 11.0. The Balaban J connectivity index is 1.86. The Labute approximate surface area is 148 Å². The number of benzene rings is 2. The van der Waals surface area contributed by atoms with Crippen LogP contribution >= 0.6 is 27.7 Å². The maximum absolute atomic E-state index is 12.1. The van der Waals surface area contributed by atoms with Gasteiger partial charge in [-0.15, -0.1) is 0 Å². The maximum atomic E-state index is 12.1. The lowest BCUT2D eigenvalue weighted by atomic mass is 10.1. The van der Waals surface area contributed by atoms with E-state index in [2.05, 4.69) is 39.2 Å². The molecule has 3 nitrogen and oxygen atoms in total. The lowest BCUT2D eigenvalue weighted by Gasteiger charge is -2.04. The standard InChI is InChI=1S/C18H15BrN2OS/c1-11-4-3-5-15(12(11)2)20-18-21-17(22)16(23-18)10-13-6-8-14(19)9-7-13/h3-10H,1-2H3,(H,20,21,22)/b16-10-. The third kappa shape index (κ3) is 3.74. The Hall–Kier alpha value is -1.85. The van der Waals surface area contributed by atoms with E-state index < -0.39 is 0 Å². The summed E-state index contributed by atoms with van der Waals surface area (Å²) in [6.45, 7) is 4.09. The number of amides is 1. The first kappa shape index (κ1) is 16.0. The third-order valence-corrected chi connectivity index (χ3v) is 5.06. The molecule has 1 heterocycles. The molecule has 3 rings (SSSR count). The number of rotatable bonds is 2. The Morgan fingerprint density at radius 1 is 1.13 bits per heavy atom. The molecule has 2 aromatic rings. The summed E-state index contributed by atoms with van der Waals surface area (Å²) in [6, 6.07) is 13.8. The van der Waals surface area contributed by atoms with Crippen LogP contribution in [0.2, 0.25) is 0 Å². The van der Waals surface area contributed by atoms with Gasteiger partial charge in [-0.3, -0.25) is 4.79 Å². The average Bonchev–Trinajstić information content (AvgIpc) is 2.86. The Bertz CT molecular complexity index is 825. The molecule has 1 amide bonds. The summed E-state index contributed by atoms with van der Waals surface area (Å²) < 4.78 is 1.01. The molecule has 116 valence electrons. The predicted octanol–water partition coefficient (Wildman–Crippen LogP) is 4.96. The van der Waals surface area contributed by atoms with E-state index in [0.29, 0.717) is 10.1 Å². The van der Waals surface area contributed by atoms with Gasteiger partial charge in [-0.05, 0) is 66.6 Å². The summed E-state index contributed by atoms with van der Waals surface area (Å²) in [4.78, 5) is 17.3. The van der Waals surface area contributed by atoms with Crippen LogP contribution in [0.4, 0.5) is 5.69 Å². The van der Waals surface area contributed by atoms with Crippen LogP contribution in [-0.2, 0) is 4.79 Å². The summed E-state index contributed by atoms with van der Waals surface area (Å²) in [6.07, 6.45) is 1.87. The molecule has 0 unspecified atom stereocenters. The van der Waals surface area contributed by atoms with Gasteiger partial charge in [0.25, 0.3) is 5.91 Å². The molecule has 0 bridgehead atoms. The van der Waals surface area contributed by atoms with Crippen LogP contribution < -0.4 is 5.32 Å². The highest BCUT2D eigenvalue weighted by atomic mass is 79.9. The van der Waals surface area contributed by atoms with Gasteiger partial charge in [0.1, 0.15) is 0 Å². The second-order valence-electron chi connectivity index (χ2n) is 5.25. The zero-order valence-corrected chi connectivity index (χ0v) is 15.2. The highest BCUT2D eigenvalue weighted by Crippen LogP contribution is 2.29. The monoisotopic (exact) mass is 386 g/mol. The lowest BCUT2D eigenvalue weighted by molar-refractivity contribution is -0.115. The number of carbonyl (C=O) groups excluding carboxylic acids is 1. The molecule has 1 aliphatic heterocycles. The fraction of sp³-hybridized carbons (Fsp3) is 0.111. The number of carbonyl (C=O) groups is 1. The predicted molar refractivity (Wildman–Crippen MR) is 101 cm³/mol. The average molecular weight is 387 g/mol. The van der Waals surface area contributed by atoms with Crippen LogP contribution in [0.5, 0.6) is 0 Å². The van der Waals surface area contributed by atoms with Crippen LogP contribution in [0.15, 0.2) is 56.8 Å². The molecule has 2 aromatic carbocycles. The number of aryl methyl sites for hydroxylation is 1. The van der Waals surface area contributed by atoms with Crippen LogP contribution in [-0.4, -0.2) is 11.1 Å². The van der Waals surface area contributed by atoms with E-state index in [0.717, 1.165) is 21.3 Å². The fourth-order valence-electron chi connectivity index (χ4n) is 2.16. The van der Waals surface area contributed by atoms with Crippen molar-refractivity contribution in [3.8, 4) is 0 Å². The Kier molecular flexibility index (Phi) is 4.68. The zero-order chi connectivity index (χ0) is 16.4. The number of halogens is 1. The van der Waals surface area contributed by atoms with E-state index in [9.17, 15) is 4.79 Å². The van der Waals surface area contributed by atoms with Crippen LogP contribution in [0, 0.1) is 13.8 Å². The van der Waals surface area contributed by atoms with Crippen molar-refractivity contribution in [3.05, 3.63) is 68.5 Å². The smallest absolute Gasteiger partial charge is 0.264 e. The number of hydrogen-bond acceptors (Lipinski definition) is 3. The van der Waals surface area contributed by atoms with Crippen molar-refractivity contribution in [1.29, 1.82) is 0 Å². The summed E-state index contributed by atoms with van der Waals surface area (Å²) in [5.74, 6) is -0.109. The van der Waals surface area contributed by atoms with Gasteiger partial charge in [-0.2, -0.15) is 0 Å². The second kappa shape index (κ2) is 6.72. The molecule has 0 radical (unpaired) electrons. The van der Waals surface area contributed by atoms with E-state index in [-0.39, 0.29) is 5.91 Å². The number of aliphatic imine (C=N–C) groups is 1. The molecule has 0 aromatic heterocycles. The van der Waals surface area contributed by atoms with Crippen molar-refractivity contribution in [1.82, 2.24) is 5.32 Å². The first-order valence-electron chi connectivity index (χ1n) is 7.14. The minimum Gasteiger partial charge on any atom is -0.300 e. The molecule has 0 saturated carbocycles. The van der Waals surface area contributed by atoms with E-state index in [1.54, 1.807) is 0 Å². The normalized spacial score (nSPS) is 17.8. The largest absolute Gasteiger partial charge is 0.300 e. The lowest BCUT2D eigenvalue weighted by Crippen LogP contribution is -2.19. The molecule has 0 aliphatic carbocycles. The van der Waals surface area contributed by atoms with Gasteiger partial charge in [-0.1, -0.05) is 40.2 Å². The Morgan fingerprint density at radius 2 is 1.87 bits per heavy atom. The van der Waals surface area contributed by atoms with Gasteiger partial charge in [0.15, 0.2) is 5.17 Å². The summed E-state index contributed by atoms with van der Waals surface area (Å²) in [7, 11) is 0. The molecular weight excluding hydrogens is 372 g/mol. The van der Waals surface area contributed by atoms with Gasteiger partial charge < -0.3 is 5.32 Å². The molecule has 23 heavy (non-hydrogen) atoms. The topological polar surface area (TPSA) is 41.5 Å². The summed E-state index contributed by atoms with van der Waals surface area (Å²) in [5, 5.41) is 3.44. The molecule has 1 aliphatic rings. The van der Waals surface area contributed by atoms with E-state index >= 15 is 0 Å². The molecular formula is C18H15BrN2OS. The van der Waals surface area contributed by atoms with E-state index in [1.165, 1.54) is 17.3 Å². The fourth-order valence-corrected chi connectivity index (χ4v) is 3.26. The van der Waals surface area contributed by atoms with Crippen molar-refractivity contribution in [2.24, 2.45) is 4.99 Å². The molecule has 5 heteroatoms. The molecule has 0 spiro atoms. The van der Waals surface area contributed by atoms with Crippen LogP contribution in [0.1, 0.15) is 16.7 Å². The van der Waals surface area contributed by atoms with Gasteiger partial charge in [0.2, 0.25) is 0 Å². The van der Waals surface area contributed by atoms with Crippen molar-refractivity contribution in [2.75, 3.05) is 0 Å². The number of nitrogens with one attached hydrogen (secondary N) is 1. The Morgan fingerprint density at radius 3 is 2.61 bits per heavy atom. The highest BCUT2D eigenvalue weighted by Gasteiger charge is 2.23. The number of thioether (sulfide) groups is 1. The van der Waals surface area contributed by atoms with Crippen molar-refractivity contribution in [3.63, 3.8) is 0 Å². The van der Waals surface area contributed by atoms with Crippen LogP contribution in [0.3, 0.4) is 0 Å². The van der Waals surface area contributed by atoms with Crippen LogP contribution in [0.25, 0.3) is 6.08 Å². The minimum absolute atomic E-state index is 0.109. The molecule has 1 saturated heterocycles. The van der Waals surface area contributed by atoms with Crippen molar-refractivity contribution in [2.45, 2.75) is 13.8 Å². The van der Waals surface area contributed by atoms with E-state index in [4.69, 9.17) is 0 Å². The number of nitrogens with zero attached hydrogens (tertiary/aromatic N) is 1. The number of hydrogen-bond donors (Lipinski definition) is 1. The number of amidine groups is 1. The van der Waals surface area contributed by atoms with E-state index in [1.807, 2.05) is 49.4 Å². The molecule has 1 fully saturated rings. The molecule has 1 N–H and O–H groups in total.